The van der Waals surface area contributed by atoms with Crippen LogP contribution in [-0.2, 0) is 0 Å². The number of hydrogen-bond acceptors (Lipinski definition) is 5. The predicted molar refractivity (Wildman–Crippen MR) is 99.9 cm³/mol. The molecular formula is C20H22N4O4. The van der Waals surface area contributed by atoms with Crippen LogP contribution in [0.4, 0.5) is 0 Å². The fraction of sp³-hybridized carbons (Fsp3) is 0.400. The van der Waals surface area contributed by atoms with E-state index in [0.29, 0.717) is 43.1 Å². The lowest BCUT2D eigenvalue weighted by molar-refractivity contribution is 0.0518. The number of carbonyl (C=O) groups is 3. The van der Waals surface area contributed by atoms with Crippen LogP contribution in [-0.4, -0.2) is 76.7 Å². The SMILES string of the molecule is O=C(c1cncc(C(=O)N2CCN(C(=O)c3ccco3)CC2)c1)N1CCCC1. The average molecular weight is 382 g/mol. The van der Waals surface area contributed by atoms with E-state index in [1.807, 2.05) is 0 Å². The first-order valence-electron chi connectivity index (χ1n) is 9.50. The molecule has 8 nitrogen and oxygen atoms in total. The molecule has 2 saturated heterocycles. The molecule has 8 heteroatoms. The Kier molecular flexibility index (Phi) is 5.10. The van der Waals surface area contributed by atoms with Crippen molar-refractivity contribution in [2.45, 2.75) is 12.8 Å². The Labute approximate surface area is 162 Å². The minimum atomic E-state index is -0.173. The second-order valence-corrected chi connectivity index (χ2v) is 7.02. The highest BCUT2D eigenvalue weighted by atomic mass is 16.3. The van der Waals surface area contributed by atoms with Crippen molar-refractivity contribution in [3.63, 3.8) is 0 Å². The molecule has 0 spiro atoms. The van der Waals surface area contributed by atoms with Gasteiger partial charge in [-0.3, -0.25) is 19.4 Å². The van der Waals surface area contributed by atoms with Crippen LogP contribution in [0.5, 0.6) is 0 Å². The van der Waals surface area contributed by atoms with Gasteiger partial charge in [-0.25, -0.2) is 0 Å². The molecule has 2 aliphatic heterocycles. The Hall–Kier alpha value is -3.16. The number of nitrogens with zero attached hydrogens (tertiary/aromatic N) is 4. The maximum Gasteiger partial charge on any atom is 0.289 e. The van der Waals surface area contributed by atoms with E-state index in [2.05, 4.69) is 4.98 Å². The second-order valence-electron chi connectivity index (χ2n) is 7.02. The first-order chi connectivity index (χ1) is 13.6. The Bertz CT molecular complexity index is 866. The highest BCUT2D eigenvalue weighted by Crippen LogP contribution is 2.16. The van der Waals surface area contributed by atoms with Crippen LogP contribution < -0.4 is 0 Å². The zero-order valence-corrected chi connectivity index (χ0v) is 15.5. The summed E-state index contributed by atoms with van der Waals surface area (Å²) in [5.41, 5.74) is 0.843. The van der Waals surface area contributed by atoms with Gasteiger partial charge in [0, 0.05) is 51.7 Å². The molecule has 2 aromatic heterocycles. The molecule has 28 heavy (non-hydrogen) atoms. The smallest absolute Gasteiger partial charge is 0.289 e. The molecule has 0 aliphatic carbocycles. The molecule has 2 aromatic rings. The topological polar surface area (TPSA) is 87.0 Å². The summed E-state index contributed by atoms with van der Waals surface area (Å²) in [5, 5.41) is 0. The largest absolute Gasteiger partial charge is 0.459 e. The number of amides is 3. The van der Waals surface area contributed by atoms with Gasteiger partial charge in [-0.05, 0) is 31.0 Å². The van der Waals surface area contributed by atoms with Crippen molar-refractivity contribution >= 4 is 17.7 Å². The monoisotopic (exact) mass is 382 g/mol. The number of aromatic nitrogens is 1. The summed E-state index contributed by atoms with van der Waals surface area (Å²) in [7, 11) is 0. The average Bonchev–Trinajstić information content (AvgIpc) is 3.47. The Morgan fingerprint density at radius 2 is 1.32 bits per heavy atom. The van der Waals surface area contributed by atoms with Crippen LogP contribution >= 0.6 is 0 Å². The third-order valence-corrected chi connectivity index (χ3v) is 5.21. The molecule has 0 aromatic carbocycles. The van der Waals surface area contributed by atoms with Crippen molar-refractivity contribution in [3.05, 3.63) is 53.7 Å². The molecule has 0 N–H and O–H groups in total. The summed E-state index contributed by atoms with van der Waals surface area (Å²) in [5.74, 6) is -0.115. The highest BCUT2D eigenvalue weighted by Gasteiger charge is 2.27. The lowest BCUT2D eigenvalue weighted by Gasteiger charge is -2.34. The lowest BCUT2D eigenvalue weighted by Crippen LogP contribution is -2.50. The first kappa shape index (κ1) is 18.2. The van der Waals surface area contributed by atoms with E-state index in [-0.39, 0.29) is 17.7 Å². The summed E-state index contributed by atoms with van der Waals surface area (Å²) < 4.78 is 5.15. The Morgan fingerprint density at radius 3 is 1.86 bits per heavy atom. The molecule has 146 valence electrons. The van der Waals surface area contributed by atoms with E-state index in [1.165, 1.54) is 18.7 Å². The number of hydrogen-bond donors (Lipinski definition) is 0. The molecule has 4 heterocycles. The third-order valence-electron chi connectivity index (χ3n) is 5.21. The maximum atomic E-state index is 12.8. The summed E-state index contributed by atoms with van der Waals surface area (Å²) in [4.78, 5) is 47.0. The minimum absolute atomic E-state index is 0.0755. The van der Waals surface area contributed by atoms with Gasteiger partial charge in [0.25, 0.3) is 17.7 Å². The van der Waals surface area contributed by atoms with Gasteiger partial charge in [-0.1, -0.05) is 0 Å². The van der Waals surface area contributed by atoms with Crippen LogP contribution in [0.2, 0.25) is 0 Å². The first-order valence-corrected chi connectivity index (χ1v) is 9.50. The van der Waals surface area contributed by atoms with Gasteiger partial charge in [-0.15, -0.1) is 0 Å². The molecule has 4 rings (SSSR count). The van der Waals surface area contributed by atoms with Gasteiger partial charge >= 0.3 is 0 Å². The predicted octanol–water partition coefficient (Wildman–Crippen LogP) is 1.51. The summed E-state index contributed by atoms with van der Waals surface area (Å²) in [6.07, 6.45) is 6.49. The van der Waals surface area contributed by atoms with Crippen LogP contribution in [0.15, 0.2) is 41.3 Å². The van der Waals surface area contributed by atoms with Gasteiger partial charge in [0.1, 0.15) is 0 Å². The van der Waals surface area contributed by atoms with Gasteiger partial charge in [0.05, 0.1) is 17.4 Å². The van der Waals surface area contributed by atoms with Crippen molar-refractivity contribution in [3.8, 4) is 0 Å². The summed E-state index contributed by atoms with van der Waals surface area (Å²) in [6, 6.07) is 4.93. The van der Waals surface area contributed by atoms with E-state index in [0.717, 1.165) is 25.9 Å². The van der Waals surface area contributed by atoms with Gasteiger partial charge < -0.3 is 19.1 Å². The van der Waals surface area contributed by atoms with Crippen molar-refractivity contribution in [1.82, 2.24) is 19.7 Å². The van der Waals surface area contributed by atoms with Crippen molar-refractivity contribution in [2.24, 2.45) is 0 Å². The fourth-order valence-corrected chi connectivity index (χ4v) is 3.63. The number of furan rings is 1. The maximum absolute atomic E-state index is 12.8. The fourth-order valence-electron chi connectivity index (χ4n) is 3.63. The van der Waals surface area contributed by atoms with E-state index in [4.69, 9.17) is 4.42 Å². The quantitative estimate of drug-likeness (QED) is 0.803. The van der Waals surface area contributed by atoms with Crippen LogP contribution in [0.3, 0.4) is 0 Å². The standard InChI is InChI=1S/C20H22N4O4/c25-18(22-5-1-2-6-22)15-12-16(14-21-13-15)19(26)23-7-9-24(10-8-23)20(27)17-4-3-11-28-17/h3-4,11-14H,1-2,5-10H2. The van der Waals surface area contributed by atoms with Crippen LogP contribution in [0.1, 0.15) is 44.1 Å². The normalized spacial score (nSPS) is 17.1. The molecule has 0 radical (unpaired) electrons. The lowest BCUT2D eigenvalue weighted by atomic mass is 10.1. The number of likely N-dealkylation sites (tertiary alicyclic amines) is 1. The highest BCUT2D eigenvalue weighted by molar-refractivity contribution is 5.99. The second kappa shape index (κ2) is 7.84. The van der Waals surface area contributed by atoms with E-state index < -0.39 is 0 Å². The molecule has 0 bridgehead atoms. The van der Waals surface area contributed by atoms with Gasteiger partial charge in [0.2, 0.25) is 0 Å². The van der Waals surface area contributed by atoms with Gasteiger partial charge in [-0.2, -0.15) is 0 Å². The molecule has 2 fully saturated rings. The van der Waals surface area contributed by atoms with Crippen molar-refractivity contribution < 1.29 is 18.8 Å². The zero-order valence-electron chi connectivity index (χ0n) is 15.5. The molecule has 0 saturated carbocycles. The third kappa shape index (κ3) is 3.62. The molecular weight excluding hydrogens is 360 g/mol. The number of carbonyl (C=O) groups excluding carboxylic acids is 3. The van der Waals surface area contributed by atoms with E-state index >= 15 is 0 Å². The summed E-state index contributed by atoms with van der Waals surface area (Å²) in [6.45, 7) is 3.23. The molecule has 2 aliphatic rings. The Balaban J connectivity index is 1.39. The van der Waals surface area contributed by atoms with Crippen molar-refractivity contribution in [2.75, 3.05) is 39.3 Å². The molecule has 0 unspecified atom stereocenters. The number of rotatable bonds is 3. The molecule has 0 atom stereocenters. The minimum Gasteiger partial charge on any atom is -0.459 e. The van der Waals surface area contributed by atoms with Gasteiger partial charge in [0.15, 0.2) is 5.76 Å². The molecule has 3 amide bonds. The summed E-state index contributed by atoms with van der Waals surface area (Å²) >= 11 is 0. The number of piperazine rings is 1. The van der Waals surface area contributed by atoms with E-state index in [1.54, 1.807) is 32.9 Å². The number of pyridine rings is 1. The van der Waals surface area contributed by atoms with Crippen LogP contribution in [0, 0.1) is 0 Å². The van der Waals surface area contributed by atoms with Crippen LogP contribution in [0.25, 0.3) is 0 Å². The Morgan fingerprint density at radius 1 is 0.786 bits per heavy atom. The van der Waals surface area contributed by atoms with Crippen molar-refractivity contribution in [1.29, 1.82) is 0 Å². The zero-order chi connectivity index (χ0) is 19.5. The van der Waals surface area contributed by atoms with E-state index in [9.17, 15) is 14.4 Å².